The van der Waals surface area contributed by atoms with E-state index in [0.29, 0.717) is 12.3 Å². The Bertz CT molecular complexity index is 457. The monoisotopic (exact) mass is 276 g/mol. The summed E-state index contributed by atoms with van der Waals surface area (Å²) in [5.74, 6) is 1.86. The second-order valence-corrected chi connectivity index (χ2v) is 6.43. The third-order valence-electron chi connectivity index (χ3n) is 3.98. The molecule has 1 aromatic carbocycles. The molecule has 2 aliphatic heterocycles. The molecule has 0 saturated carbocycles. The maximum atomic E-state index is 12.0. The van der Waals surface area contributed by atoms with Crippen molar-refractivity contribution in [2.75, 3.05) is 18.8 Å². The summed E-state index contributed by atoms with van der Waals surface area (Å²) in [7, 11) is 0. The van der Waals surface area contributed by atoms with Crippen LogP contribution in [-0.2, 0) is 4.79 Å². The Morgan fingerprint density at radius 2 is 2.32 bits per heavy atom. The van der Waals surface area contributed by atoms with Crippen molar-refractivity contribution in [1.82, 2.24) is 10.6 Å². The van der Waals surface area contributed by atoms with Crippen molar-refractivity contribution < 1.29 is 4.79 Å². The van der Waals surface area contributed by atoms with Crippen molar-refractivity contribution in [3.05, 3.63) is 29.8 Å². The topological polar surface area (TPSA) is 41.1 Å². The maximum Gasteiger partial charge on any atom is 0.220 e. The number of hydrogen-bond acceptors (Lipinski definition) is 3. The van der Waals surface area contributed by atoms with Gasteiger partial charge in [0.15, 0.2) is 0 Å². The molecule has 1 amide bonds. The number of nitrogens with one attached hydrogen (secondary N) is 2. The standard InChI is InChI=1S/C15H20N2OS/c18-15(6-5-11-7-8-16-9-11)17-13-10-19-14-4-2-1-3-12(13)14/h1-4,11,13,16H,5-10H2,(H,17,18). The highest BCUT2D eigenvalue weighted by atomic mass is 32.2. The molecular weight excluding hydrogens is 256 g/mol. The van der Waals surface area contributed by atoms with Crippen molar-refractivity contribution in [2.24, 2.45) is 5.92 Å². The van der Waals surface area contributed by atoms with Gasteiger partial charge in [0.25, 0.3) is 0 Å². The highest BCUT2D eigenvalue weighted by Crippen LogP contribution is 2.37. The number of carbonyl (C=O) groups excluding carboxylic acids is 1. The third kappa shape index (κ3) is 3.12. The molecule has 3 nitrogen and oxygen atoms in total. The van der Waals surface area contributed by atoms with Crippen molar-refractivity contribution in [2.45, 2.75) is 30.2 Å². The van der Waals surface area contributed by atoms with Crippen LogP contribution in [0.25, 0.3) is 0 Å². The van der Waals surface area contributed by atoms with Crippen LogP contribution in [0.4, 0.5) is 0 Å². The molecule has 0 aromatic heterocycles. The van der Waals surface area contributed by atoms with E-state index in [9.17, 15) is 4.79 Å². The molecule has 102 valence electrons. The van der Waals surface area contributed by atoms with Crippen LogP contribution < -0.4 is 10.6 Å². The zero-order chi connectivity index (χ0) is 13.1. The molecule has 0 spiro atoms. The minimum atomic E-state index is 0.203. The second-order valence-electron chi connectivity index (χ2n) is 5.37. The van der Waals surface area contributed by atoms with Crippen molar-refractivity contribution in [1.29, 1.82) is 0 Å². The molecule has 2 heterocycles. The van der Waals surface area contributed by atoms with Crippen LogP contribution >= 0.6 is 11.8 Å². The molecule has 0 bridgehead atoms. The summed E-state index contributed by atoms with van der Waals surface area (Å²) >= 11 is 1.84. The summed E-state index contributed by atoms with van der Waals surface area (Å²) in [5.41, 5.74) is 1.28. The average molecular weight is 276 g/mol. The van der Waals surface area contributed by atoms with E-state index in [1.165, 1.54) is 16.9 Å². The smallest absolute Gasteiger partial charge is 0.220 e. The van der Waals surface area contributed by atoms with Gasteiger partial charge in [0, 0.05) is 17.1 Å². The highest BCUT2D eigenvalue weighted by molar-refractivity contribution is 7.99. The highest BCUT2D eigenvalue weighted by Gasteiger charge is 2.24. The average Bonchev–Trinajstić information content (AvgIpc) is 3.07. The lowest BCUT2D eigenvalue weighted by atomic mass is 10.0. The Balaban J connectivity index is 1.50. The van der Waals surface area contributed by atoms with Crippen LogP contribution in [0.15, 0.2) is 29.2 Å². The Kier molecular flexibility index (Phi) is 4.09. The number of carbonyl (C=O) groups is 1. The van der Waals surface area contributed by atoms with Gasteiger partial charge < -0.3 is 10.6 Å². The summed E-state index contributed by atoms with van der Waals surface area (Å²) in [6.07, 6.45) is 2.89. The molecule has 1 saturated heterocycles. The van der Waals surface area contributed by atoms with Crippen LogP contribution in [0, 0.1) is 5.92 Å². The Hall–Kier alpha value is -1.00. The van der Waals surface area contributed by atoms with Crippen LogP contribution in [0.5, 0.6) is 0 Å². The van der Waals surface area contributed by atoms with E-state index in [4.69, 9.17) is 0 Å². The minimum absolute atomic E-state index is 0.203. The van der Waals surface area contributed by atoms with Gasteiger partial charge in [-0.1, -0.05) is 18.2 Å². The first-order chi connectivity index (χ1) is 9.33. The lowest BCUT2D eigenvalue weighted by Gasteiger charge is -2.14. The molecule has 2 N–H and O–H groups in total. The summed E-state index contributed by atoms with van der Waals surface area (Å²) in [6, 6.07) is 8.57. The predicted octanol–water partition coefficient (Wildman–Crippen LogP) is 2.34. The van der Waals surface area contributed by atoms with Gasteiger partial charge in [0.2, 0.25) is 5.91 Å². The Labute approximate surface area is 118 Å². The van der Waals surface area contributed by atoms with Crippen molar-refractivity contribution in [3.8, 4) is 0 Å². The quantitative estimate of drug-likeness (QED) is 0.887. The van der Waals surface area contributed by atoms with Gasteiger partial charge in [-0.05, 0) is 43.5 Å². The molecule has 2 atom stereocenters. The summed E-state index contributed by atoms with van der Waals surface area (Å²) in [5, 5.41) is 6.53. The lowest BCUT2D eigenvalue weighted by Crippen LogP contribution is -2.28. The molecule has 4 heteroatoms. The fraction of sp³-hybridized carbons (Fsp3) is 0.533. The van der Waals surface area contributed by atoms with E-state index < -0.39 is 0 Å². The van der Waals surface area contributed by atoms with Gasteiger partial charge >= 0.3 is 0 Å². The molecule has 19 heavy (non-hydrogen) atoms. The van der Waals surface area contributed by atoms with E-state index in [0.717, 1.165) is 25.3 Å². The van der Waals surface area contributed by atoms with Crippen molar-refractivity contribution in [3.63, 3.8) is 0 Å². The van der Waals surface area contributed by atoms with E-state index in [-0.39, 0.29) is 11.9 Å². The summed E-state index contributed by atoms with van der Waals surface area (Å²) in [6.45, 7) is 2.19. The molecule has 1 aromatic rings. The number of amides is 1. The number of hydrogen-bond donors (Lipinski definition) is 2. The first-order valence-electron chi connectivity index (χ1n) is 7.05. The van der Waals surface area contributed by atoms with Gasteiger partial charge in [-0.15, -0.1) is 11.8 Å². The zero-order valence-electron chi connectivity index (χ0n) is 11.0. The molecule has 3 rings (SSSR count). The largest absolute Gasteiger partial charge is 0.348 e. The zero-order valence-corrected chi connectivity index (χ0v) is 11.8. The van der Waals surface area contributed by atoms with Crippen LogP contribution in [-0.4, -0.2) is 24.7 Å². The molecule has 1 fully saturated rings. The lowest BCUT2D eigenvalue weighted by molar-refractivity contribution is -0.122. The van der Waals surface area contributed by atoms with Gasteiger partial charge in [-0.2, -0.15) is 0 Å². The van der Waals surface area contributed by atoms with E-state index in [2.05, 4.69) is 28.8 Å². The maximum absolute atomic E-state index is 12.0. The first kappa shape index (κ1) is 13.0. The van der Waals surface area contributed by atoms with E-state index in [1.807, 2.05) is 17.8 Å². The molecule has 0 radical (unpaired) electrons. The number of thioether (sulfide) groups is 1. The van der Waals surface area contributed by atoms with Crippen LogP contribution in [0.3, 0.4) is 0 Å². The Morgan fingerprint density at radius 1 is 1.42 bits per heavy atom. The molecular formula is C15H20N2OS. The summed E-state index contributed by atoms with van der Waals surface area (Å²) in [4.78, 5) is 13.3. The minimum Gasteiger partial charge on any atom is -0.348 e. The second kappa shape index (κ2) is 5.97. The fourth-order valence-corrected chi connectivity index (χ4v) is 4.01. The number of fused-ring (bicyclic) bond motifs is 1. The van der Waals surface area contributed by atoms with Gasteiger partial charge in [-0.3, -0.25) is 4.79 Å². The first-order valence-corrected chi connectivity index (χ1v) is 8.03. The van der Waals surface area contributed by atoms with Gasteiger partial charge in [0.1, 0.15) is 0 Å². The number of benzene rings is 1. The van der Waals surface area contributed by atoms with Crippen LogP contribution in [0.1, 0.15) is 30.9 Å². The van der Waals surface area contributed by atoms with E-state index >= 15 is 0 Å². The molecule has 2 aliphatic rings. The summed E-state index contributed by atoms with van der Waals surface area (Å²) < 4.78 is 0. The SMILES string of the molecule is O=C(CCC1CCNC1)NC1CSc2ccccc21. The van der Waals surface area contributed by atoms with Gasteiger partial charge in [0.05, 0.1) is 6.04 Å². The molecule has 0 aliphatic carbocycles. The Morgan fingerprint density at radius 3 is 3.16 bits per heavy atom. The normalized spacial score (nSPS) is 25.3. The van der Waals surface area contributed by atoms with Crippen molar-refractivity contribution >= 4 is 17.7 Å². The van der Waals surface area contributed by atoms with E-state index in [1.54, 1.807) is 0 Å². The molecule has 2 unspecified atom stereocenters. The number of rotatable bonds is 4. The van der Waals surface area contributed by atoms with Gasteiger partial charge in [-0.25, -0.2) is 0 Å². The third-order valence-corrected chi connectivity index (χ3v) is 5.16. The van der Waals surface area contributed by atoms with Crippen LogP contribution in [0.2, 0.25) is 0 Å². The predicted molar refractivity (Wildman–Crippen MR) is 78.3 cm³/mol. The fourth-order valence-electron chi connectivity index (χ4n) is 2.84.